The summed E-state index contributed by atoms with van der Waals surface area (Å²) in [5, 5.41) is 1.98. The zero-order valence-corrected chi connectivity index (χ0v) is 17.1. The van der Waals surface area contributed by atoms with Crippen LogP contribution in [0, 0.1) is 13.8 Å². The summed E-state index contributed by atoms with van der Waals surface area (Å²) in [6.45, 7) is 4.08. The number of nitrogens with zero attached hydrogens (tertiary/aromatic N) is 2. The Morgan fingerprint density at radius 3 is 2.70 bits per heavy atom. The van der Waals surface area contributed by atoms with Gasteiger partial charge in [-0.3, -0.25) is 4.79 Å². The number of aryl methyl sites for hydroxylation is 2. The summed E-state index contributed by atoms with van der Waals surface area (Å²) in [5.74, 6) is 1.12. The fraction of sp³-hybridized carbons (Fsp3) is 0.150. The molecule has 3 heterocycles. The molecule has 1 N–H and O–H groups in total. The standard InChI is InChI=1S/C20H16ClN3OS2/c1-11-5-7-13(8-6-11)16-12(2)27-20-17(16)18(25)23-15(24-20)10-26-19-14(21)4-3-9-22-19/h3-9H,10H2,1-2H3,(H,23,24,25). The lowest BCUT2D eigenvalue weighted by molar-refractivity contribution is 1.04. The van der Waals surface area contributed by atoms with Gasteiger partial charge in [0, 0.05) is 16.6 Å². The number of hydrogen-bond acceptors (Lipinski definition) is 5. The molecule has 136 valence electrons. The van der Waals surface area contributed by atoms with E-state index in [1.165, 1.54) is 17.3 Å². The van der Waals surface area contributed by atoms with Crippen LogP contribution in [0.15, 0.2) is 52.4 Å². The number of nitrogens with one attached hydrogen (secondary N) is 1. The lowest BCUT2D eigenvalue weighted by atomic mass is 10.0. The summed E-state index contributed by atoms with van der Waals surface area (Å²) < 4.78 is 0. The first-order valence-corrected chi connectivity index (χ1v) is 10.5. The number of rotatable bonds is 4. The lowest BCUT2D eigenvalue weighted by Gasteiger charge is -2.04. The van der Waals surface area contributed by atoms with Crippen molar-refractivity contribution in [3.63, 3.8) is 0 Å². The quantitative estimate of drug-likeness (QED) is 0.442. The van der Waals surface area contributed by atoms with Gasteiger partial charge in [-0.1, -0.05) is 53.2 Å². The van der Waals surface area contributed by atoms with Gasteiger partial charge >= 0.3 is 0 Å². The van der Waals surface area contributed by atoms with Crippen LogP contribution >= 0.6 is 34.7 Å². The second kappa shape index (κ2) is 7.46. The van der Waals surface area contributed by atoms with Gasteiger partial charge in [0.25, 0.3) is 5.56 Å². The molecule has 3 aromatic heterocycles. The third-order valence-electron chi connectivity index (χ3n) is 4.20. The van der Waals surface area contributed by atoms with Gasteiger partial charge in [0.2, 0.25) is 0 Å². The van der Waals surface area contributed by atoms with Crippen LogP contribution in [0.1, 0.15) is 16.3 Å². The number of thiophene rings is 1. The number of halogens is 1. The van der Waals surface area contributed by atoms with Gasteiger partial charge in [-0.25, -0.2) is 9.97 Å². The third-order valence-corrected chi connectivity index (χ3v) is 6.63. The molecule has 0 atom stereocenters. The molecule has 4 nitrogen and oxygen atoms in total. The molecular formula is C20H16ClN3OS2. The number of aromatic nitrogens is 3. The smallest absolute Gasteiger partial charge is 0.260 e. The highest BCUT2D eigenvalue weighted by Gasteiger charge is 2.17. The van der Waals surface area contributed by atoms with Crippen molar-refractivity contribution < 1.29 is 0 Å². The lowest BCUT2D eigenvalue weighted by Crippen LogP contribution is -2.10. The van der Waals surface area contributed by atoms with E-state index in [0.29, 0.717) is 22.0 Å². The molecule has 0 amide bonds. The molecule has 0 aliphatic carbocycles. The minimum atomic E-state index is -0.109. The van der Waals surface area contributed by atoms with Crippen molar-refractivity contribution in [1.29, 1.82) is 0 Å². The van der Waals surface area contributed by atoms with Crippen LogP contribution in [-0.2, 0) is 5.75 Å². The van der Waals surface area contributed by atoms with E-state index in [1.807, 2.05) is 6.92 Å². The Balaban J connectivity index is 1.72. The normalized spacial score (nSPS) is 11.2. The van der Waals surface area contributed by atoms with Crippen LogP contribution in [-0.4, -0.2) is 15.0 Å². The molecule has 4 rings (SSSR count). The van der Waals surface area contributed by atoms with Crippen LogP contribution in [0.4, 0.5) is 0 Å². The summed E-state index contributed by atoms with van der Waals surface area (Å²) in [6, 6.07) is 11.8. The summed E-state index contributed by atoms with van der Waals surface area (Å²) in [4.78, 5) is 26.5. The second-order valence-corrected chi connectivity index (χ2v) is 8.75. The van der Waals surface area contributed by atoms with Crippen LogP contribution in [0.5, 0.6) is 0 Å². The van der Waals surface area contributed by atoms with E-state index in [2.05, 4.69) is 46.1 Å². The Morgan fingerprint density at radius 2 is 1.96 bits per heavy atom. The predicted octanol–water partition coefficient (Wildman–Crippen LogP) is 5.61. The van der Waals surface area contributed by atoms with Crippen LogP contribution < -0.4 is 5.56 Å². The topological polar surface area (TPSA) is 58.6 Å². The summed E-state index contributed by atoms with van der Waals surface area (Å²) >= 11 is 9.15. The summed E-state index contributed by atoms with van der Waals surface area (Å²) in [7, 11) is 0. The van der Waals surface area contributed by atoms with E-state index < -0.39 is 0 Å². The molecule has 4 aromatic rings. The third kappa shape index (κ3) is 3.65. The fourth-order valence-electron chi connectivity index (χ4n) is 2.91. The monoisotopic (exact) mass is 413 g/mol. The molecule has 7 heteroatoms. The van der Waals surface area contributed by atoms with Crippen LogP contribution in [0.25, 0.3) is 21.3 Å². The molecule has 27 heavy (non-hydrogen) atoms. The van der Waals surface area contributed by atoms with Crippen molar-refractivity contribution in [2.24, 2.45) is 0 Å². The molecule has 0 aliphatic heterocycles. The van der Waals surface area contributed by atoms with E-state index >= 15 is 0 Å². The number of pyridine rings is 1. The van der Waals surface area contributed by atoms with Gasteiger partial charge in [-0.15, -0.1) is 11.3 Å². The van der Waals surface area contributed by atoms with E-state index in [4.69, 9.17) is 11.6 Å². The minimum absolute atomic E-state index is 0.109. The molecule has 0 saturated heterocycles. The van der Waals surface area contributed by atoms with Crippen molar-refractivity contribution in [3.8, 4) is 11.1 Å². The summed E-state index contributed by atoms with van der Waals surface area (Å²) in [6.07, 6.45) is 1.70. The van der Waals surface area contributed by atoms with Gasteiger partial charge in [0.05, 0.1) is 16.2 Å². The molecule has 1 aromatic carbocycles. The average molecular weight is 414 g/mol. The predicted molar refractivity (Wildman–Crippen MR) is 114 cm³/mol. The Morgan fingerprint density at radius 1 is 1.19 bits per heavy atom. The maximum atomic E-state index is 12.8. The maximum absolute atomic E-state index is 12.8. The highest BCUT2D eigenvalue weighted by molar-refractivity contribution is 7.98. The van der Waals surface area contributed by atoms with Gasteiger partial charge in [-0.2, -0.15) is 0 Å². The van der Waals surface area contributed by atoms with Gasteiger partial charge in [-0.05, 0) is 31.5 Å². The first kappa shape index (κ1) is 18.2. The number of H-pyrrole nitrogens is 1. The minimum Gasteiger partial charge on any atom is -0.309 e. The molecule has 0 aliphatic rings. The van der Waals surface area contributed by atoms with Crippen LogP contribution in [0.2, 0.25) is 5.02 Å². The maximum Gasteiger partial charge on any atom is 0.260 e. The molecule has 0 spiro atoms. The van der Waals surface area contributed by atoms with Gasteiger partial charge < -0.3 is 4.98 Å². The number of benzene rings is 1. The molecule has 0 unspecified atom stereocenters. The number of hydrogen-bond donors (Lipinski definition) is 1. The number of aromatic amines is 1. The van der Waals surface area contributed by atoms with Crippen molar-refractivity contribution in [2.45, 2.75) is 24.6 Å². The van der Waals surface area contributed by atoms with E-state index in [1.54, 1.807) is 29.7 Å². The summed E-state index contributed by atoms with van der Waals surface area (Å²) in [5.41, 5.74) is 3.09. The Labute approximate surface area is 169 Å². The van der Waals surface area contributed by atoms with Gasteiger partial charge in [0.1, 0.15) is 15.7 Å². The Kier molecular flexibility index (Phi) is 5.04. The Hall–Kier alpha value is -2.15. The molecule has 0 fully saturated rings. The van der Waals surface area contributed by atoms with Crippen molar-refractivity contribution in [1.82, 2.24) is 15.0 Å². The highest BCUT2D eigenvalue weighted by atomic mass is 35.5. The van der Waals surface area contributed by atoms with Crippen LogP contribution in [0.3, 0.4) is 0 Å². The van der Waals surface area contributed by atoms with E-state index in [-0.39, 0.29) is 5.56 Å². The van der Waals surface area contributed by atoms with E-state index in [0.717, 1.165) is 25.9 Å². The van der Waals surface area contributed by atoms with Crippen molar-refractivity contribution in [3.05, 3.63) is 74.2 Å². The van der Waals surface area contributed by atoms with E-state index in [9.17, 15) is 4.79 Å². The number of thioether (sulfide) groups is 1. The number of fused-ring (bicyclic) bond motifs is 1. The zero-order valence-electron chi connectivity index (χ0n) is 14.7. The molecular weight excluding hydrogens is 398 g/mol. The molecule has 0 saturated carbocycles. The fourth-order valence-corrected chi connectivity index (χ4v) is 5.02. The Bertz CT molecular complexity index is 1180. The largest absolute Gasteiger partial charge is 0.309 e. The SMILES string of the molecule is Cc1ccc(-c2c(C)sc3nc(CSc4ncccc4Cl)[nH]c(=O)c23)cc1. The van der Waals surface area contributed by atoms with Crippen molar-refractivity contribution >= 4 is 44.9 Å². The first-order valence-electron chi connectivity index (χ1n) is 8.35. The second-order valence-electron chi connectivity index (χ2n) is 6.17. The van der Waals surface area contributed by atoms with Crippen molar-refractivity contribution in [2.75, 3.05) is 0 Å². The zero-order chi connectivity index (χ0) is 19.0. The highest BCUT2D eigenvalue weighted by Crippen LogP contribution is 2.36. The molecule has 0 bridgehead atoms. The first-order chi connectivity index (χ1) is 13.0. The molecule has 0 radical (unpaired) electrons. The average Bonchev–Trinajstić information content (AvgIpc) is 2.98. The van der Waals surface area contributed by atoms with Gasteiger partial charge in [0.15, 0.2) is 0 Å².